The molecule has 0 saturated heterocycles. The number of aryl methyl sites for hydroxylation is 1. The minimum Gasteiger partial charge on any atom is -0.496 e. The van der Waals surface area contributed by atoms with Crippen molar-refractivity contribution in [3.05, 3.63) is 53.6 Å². The van der Waals surface area contributed by atoms with Crippen LogP contribution in [0.2, 0.25) is 0 Å². The van der Waals surface area contributed by atoms with E-state index in [1.165, 1.54) is 0 Å². The maximum absolute atomic E-state index is 9.90. The van der Waals surface area contributed by atoms with Crippen molar-refractivity contribution >= 4 is 0 Å². The van der Waals surface area contributed by atoms with Crippen LogP contribution in [0.15, 0.2) is 42.5 Å². The number of methoxy groups -OCH3 is 1. The van der Waals surface area contributed by atoms with Gasteiger partial charge in [0.25, 0.3) is 0 Å². The Kier molecular flexibility index (Phi) is 4.07. The first kappa shape index (κ1) is 13.4. The van der Waals surface area contributed by atoms with Gasteiger partial charge >= 0.3 is 0 Å². The van der Waals surface area contributed by atoms with Crippen molar-refractivity contribution < 1.29 is 14.6 Å². The molecule has 2 rings (SSSR count). The second-order valence-electron chi connectivity index (χ2n) is 4.42. The fraction of sp³-hybridized carbons (Fsp3) is 0.250. The number of rotatable bonds is 4. The second-order valence-corrected chi connectivity index (χ2v) is 4.42. The van der Waals surface area contributed by atoms with E-state index in [1.54, 1.807) is 14.0 Å². The first-order valence-corrected chi connectivity index (χ1v) is 6.22. The highest BCUT2D eigenvalue weighted by Crippen LogP contribution is 2.37. The van der Waals surface area contributed by atoms with E-state index >= 15 is 0 Å². The summed E-state index contributed by atoms with van der Waals surface area (Å²) in [7, 11) is 1.58. The van der Waals surface area contributed by atoms with Crippen LogP contribution in [0.25, 0.3) is 0 Å². The lowest BCUT2D eigenvalue weighted by molar-refractivity contribution is 0.190. The van der Waals surface area contributed by atoms with Gasteiger partial charge < -0.3 is 14.6 Å². The summed E-state index contributed by atoms with van der Waals surface area (Å²) in [5.74, 6) is 2.02. The van der Waals surface area contributed by atoms with Crippen molar-refractivity contribution in [1.82, 2.24) is 0 Å². The van der Waals surface area contributed by atoms with Crippen molar-refractivity contribution in [3.8, 4) is 17.2 Å². The molecule has 100 valence electrons. The summed E-state index contributed by atoms with van der Waals surface area (Å²) in [5, 5.41) is 9.90. The van der Waals surface area contributed by atoms with Gasteiger partial charge in [-0.25, -0.2) is 0 Å². The number of hydrogen-bond acceptors (Lipinski definition) is 3. The molecule has 2 aromatic rings. The van der Waals surface area contributed by atoms with Gasteiger partial charge in [0.05, 0.1) is 18.8 Å². The molecule has 0 heterocycles. The Balaban J connectivity index is 2.43. The van der Waals surface area contributed by atoms with E-state index in [2.05, 4.69) is 0 Å². The smallest absolute Gasteiger partial charge is 0.136 e. The summed E-state index contributed by atoms with van der Waals surface area (Å²) < 4.78 is 11.2. The van der Waals surface area contributed by atoms with Crippen LogP contribution in [-0.4, -0.2) is 12.2 Å². The molecule has 3 nitrogen and oxygen atoms in total. The summed E-state index contributed by atoms with van der Waals surface area (Å²) in [6, 6.07) is 13.3. The Bertz CT molecular complexity index is 562. The summed E-state index contributed by atoms with van der Waals surface area (Å²) >= 11 is 0. The number of para-hydroxylation sites is 1. The molecule has 0 aliphatic rings. The van der Waals surface area contributed by atoms with E-state index < -0.39 is 6.10 Å². The quantitative estimate of drug-likeness (QED) is 0.905. The van der Waals surface area contributed by atoms with Crippen LogP contribution in [0.4, 0.5) is 0 Å². The zero-order valence-corrected chi connectivity index (χ0v) is 11.4. The fourth-order valence-electron chi connectivity index (χ4n) is 1.99. The summed E-state index contributed by atoms with van der Waals surface area (Å²) in [6.45, 7) is 3.68. The van der Waals surface area contributed by atoms with Crippen LogP contribution in [0.5, 0.6) is 17.2 Å². The van der Waals surface area contributed by atoms with Gasteiger partial charge in [-0.2, -0.15) is 0 Å². The Morgan fingerprint density at radius 3 is 2.21 bits per heavy atom. The molecule has 0 aliphatic heterocycles. The van der Waals surface area contributed by atoms with E-state index in [0.29, 0.717) is 17.1 Å². The van der Waals surface area contributed by atoms with Crippen LogP contribution < -0.4 is 9.47 Å². The monoisotopic (exact) mass is 258 g/mol. The molecular formula is C16H18O3. The standard InChI is InChI=1S/C16H18O3/c1-11-7-4-5-8-13(11)19-15-10-6-9-14(18-3)16(15)12(2)17/h4-10,12,17H,1-3H3. The molecule has 1 atom stereocenters. The molecule has 2 aromatic carbocycles. The lowest BCUT2D eigenvalue weighted by Gasteiger charge is -2.17. The predicted octanol–water partition coefficient (Wildman–Crippen LogP) is 3.85. The van der Waals surface area contributed by atoms with Gasteiger partial charge in [-0.1, -0.05) is 24.3 Å². The fourth-order valence-corrected chi connectivity index (χ4v) is 1.99. The normalized spacial score (nSPS) is 12.0. The molecule has 1 unspecified atom stereocenters. The average molecular weight is 258 g/mol. The van der Waals surface area contributed by atoms with Gasteiger partial charge in [-0.05, 0) is 37.6 Å². The molecule has 3 heteroatoms. The van der Waals surface area contributed by atoms with E-state index in [-0.39, 0.29) is 0 Å². The summed E-state index contributed by atoms with van der Waals surface area (Å²) in [5.41, 5.74) is 1.70. The summed E-state index contributed by atoms with van der Waals surface area (Å²) in [4.78, 5) is 0. The molecule has 0 aliphatic carbocycles. The largest absolute Gasteiger partial charge is 0.496 e. The van der Waals surface area contributed by atoms with Gasteiger partial charge in [-0.15, -0.1) is 0 Å². The minimum atomic E-state index is -0.657. The molecule has 0 bridgehead atoms. The molecule has 0 saturated carbocycles. The predicted molar refractivity (Wildman–Crippen MR) is 74.9 cm³/mol. The van der Waals surface area contributed by atoms with Gasteiger partial charge in [0.2, 0.25) is 0 Å². The second kappa shape index (κ2) is 5.76. The Labute approximate surface area is 113 Å². The topological polar surface area (TPSA) is 38.7 Å². The average Bonchev–Trinajstić information content (AvgIpc) is 2.40. The minimum absolute atomic E-state index is 0.614. The van der Waals surface area contributed by atoms with Gasteiger partial charge in [0, 0.05) is 0 Å². The Morgan fingerprint density at radius 2 is 1.58 bits per heavy atom. The highest BCUT2D eigenvalue weighted by Gasteiger charge is 2.16. The molecule has 0 aromatic heterocycles. The molecule has 0 radical (unpaired) electrons. The Morgan fingerprint density at radius 1 is 0.947 bits per heavy atom. The first-order chi connectivity index (χ1) is 9.13. The van der Waals surface area contributed by atoms with Crippen LogP contribution >= 0.6 is 0 Å². The lowest BCUT2D eigenvalue weighted by atomic mass is 10.1. The van der Waals surface area contributed by atoms with E-state index in [9.17, 15) is 5.11 Å². The van der Waals surface area contributed by atoms with Crippen LogP contribution in [0.1, 0.15) is 24.2 Å². The van der Waals surface area contributed by atoms with Crippen molar-refractivity contribution in [2.45, 2.75) is 20.0 Å². The zero-order valence-electron chi connectivity index (χ0n) is 11.4. The van der Waals surface area contributed by atoms with Crippen LogP contribution in [0.3, 0.4) is 0 Å². The lowest BCUT2D eigenvalue weighted by Crippen LogP contribution is -2.00. The molecule has 19 heavy (non-hydrogen) atoms. The maximum atomic E-state index is 9.90. The number of benzene rings is 2. The zero-order chi connectivity index (χ0) is 13.8. The highest BCUT2D eigenvalue weighted by atomic mass is 16.5. The number of aliphatic hydroxyl groups is 1. The maximum Gasteiger partial charge on any atom is 0.136 e. The third kappa shape index (κ3) is 2.88. The van der Waals surface area contributed by atoms with Gasteiger partial charge in [0.15, 0.2) is 0 Å². The third-order valence-electron chi connectivity index (χ3n) is 2.98. The molecule has 0 spiro atoms. The van der Waals surface area contributed by atoms with Crippen molar-refractivity contribution in [2.75, 3.05) is 7.11 Å². The van der Waals surface area contributed by atoms with E-state index in [4.69, 9.17) is 9.47 Å². The molecule has 1 N–H and O–H groups in total. The number of ether oxygens (including phenoxy) is 2. The van der Waals surface area contributed by atoms with Crippen LogP contribution in [-0.2, 0) is 0 Å². The van der Waals surface area contributed by atoms with E-state index in [0.717, 1.165) is 11.3 Å². The van der Waals surface area contributed by atoms with Gasteiger partial charge in [-0.3, -0.25) is 0 Å². The van der Waals surface area contributed by atoms with Crippen molar-refractivity contribution in [3.63, 3.8) is 0 Å². The number of hydrogen-bond donors (Lipinski definition) is 1. The molecule has 0 fully saturated rings. The molecule has 0 amide bonds. The van der Waals surface area contributed by atoms with Crippen molar-refractivity contribution in [2.24, 2.45) is 0 Å². The van der Waals surface area contributed by atoms with Crippen LogP contribution in [0, 0.1) is 6.92 Å². The summed E-state index contributed by atoms with van der Waals surface area (Å²) in [6.07, 6.45) is -0.657. The third-order valence-corrected chi connectivity index (χ3v) is 2.98. The van der Waals surface area contributed by atoms with Crippen molar-refractivity contribution in [1.29, 1.82) is 0 Å². The highest BCUT2D eigenvalue weighted by molar-refractivity contribution is 5.48. The first-order valence-electron chi connectivity index (χ1n) is 6.22. The molecular weight excluding hydrogens is 240 g/mol. The number of aliphatic hydroxyl groups excluding tert-OH is 1. The van der Waals surface area contributed by atoms with E-state index in [1.807, 2.05) is 49.4 Å². The SMILES string of the molecule is COc1cccc(Oc2ccccc2C)c1C(C)O. The Hall–Kier alpha value is -2.00. The van der Waals surface area contributed by atoms with Gasteiger partial charge in [0.1, 0.15) is 17.2 Å².